The van der Waals surface area contributed by atoms with Crippen LogP contribution in [0.2, 0.25) is 0 Å². The minimum atomic E-state index is -3.66. The van der Waals surface area contributed by atoms with Gasteiger partial charge >= 0.3 is 0 Å². The molecule has 1 N–H and O–H groups in total. The molecule has 180 valence electrons. The minimum Gasteiger partial charge on any atom is -0.271 e. The summed E-state index contributed by atoms with van der Waals surface area (Å²) in [4.78, 5) is 12.9. The van der Waals surface area contributed by atoms with Crippen molar-refractivity contribution in [1.29, 1.82) is 0 Å². The molecule has 1 aromatic rings. The average molecular weight is 466 g/mol. The molecular formula is C23H39N5O3S. The number of sulfonamides is 1. The van der Waals surface area contributed by atoms with Gasteiger partial charge in [0, 0.05) is 24.2 Å². The zero-order valence-corrected chi connectivity index (χ0v) is 21.5. The summed E-state index contributed by atoms with van der Waals surface area (Å²) < 4.78 is 29.5. The van der Waals surface area contributed by atoms with Crippen molar-refractivity contribution in [2.24, 2.45) is 21.8 Å². The third kappa shape index (κ3) is 4.02. The molecule has 32 heavy (non-hydrogen) atoms. The second-order valence-corrected chi connectivity index (χ2v) is 12.0. The number of hydrogen-bond acceptors (Lipinski definition) is 5. The third-order valence-corrected chi connectivity index (χ3v) is 10.1. The summed E-state index contributed by atoms with van der Waals surface area (Å²) in [5, 5.41) is 8.88. The quantitative estimate of drug-likeness (QED) is 0.563. The van der Waals surface area contributed by atoms with Crippen molar-refractivity contribution in [2.45, 2.75) is 92.0 Å². The standard InChI is InChI=1S/C23H39N5O3S/c1-8-12-27(13-9-2)32(30,31)21-16(3)26-28(17(21)4)15-20(29)25-24-19-14-18-10-11-23(19,7)22(18,5)6/h18H,8-15H2,1-7H3,(H,25,29)/b24-19+. The molecule has 2 aliphatic rings. The Hall–Kier alpha value is -1.74. The molecular weight excluding hydrogens is 426 g/mol. The average Bonchev–Trinajstić information content (AvgIpc) is 3.19. The lowest BCUT2D eigenvalue weighted by Crippen LogP contribution is -2.35. The molecule has 2 atom stereocenters. The maximum absolute atomic E-state index is 13.3. The summed E-state index contributed by atoms with van der Waals surface area (Å²) in [5.41, 5.74) is 4.89. The van der Waals surface area contributed by atoms with Gasteiger partial charge in [-0.1, -0.05) is 34.6 Å². The SMILES string of the molecule is CCCN(CCC)S(=O)(=O)c1c(C)nn(CC(=O)N/N=C2\CC3CCC2(C)C3(C)C)c1C. The van der Waals surface area contributed by atoms with Gasteiger partial charge in [-0.15, -0.1) is 0 Å². The van der Waals surface area contributed by atoms with Gasteiger partial charge in [0.15, 0.2) is 0 Å². The largest absolute Gasteiger partial charge is 0.271 e. The second-order valence-electron chi connectivity index (χ2n) is 10.1. The fourth-order valence-corrected chi connectivity index (χ4v) is 7.58. The molecule has 0 aromatic carbocycles. The maximum atomic E-state index is 13.3. The van der Waals surface area contributed by atoms with E-state index in [4.69, 9.17) is 0 Å². The van der Waals surface area contributed by atoms with Crippen LogP contribution in [0.15, 0.2) is 10.00 Å². The van der Waals surface area contributed by atoms with Gasteiger partial charge in [0.1, 0.15) is 11.4 Å². The summed E-state index contributed by atoms with van der Waals surface area (Å²) in [6.45, 7) is 15.0. The van der Waals surface area contributed by atoms with Gasteiger partial charge in [-0.3, -0.25) is 9.48 Å². The zero-order valence-electron chi connectivity index (χ0n) is 20.7. The van der Waals surface area contributed by atoms with E-state index in [1.54, 1.807) is 13.8 Å². The highest BCUT2D eigenvalue weighted by Gasteiger charge is 2.60. The molecule has 0 aliphatic heterocycles. The molecule has 1 heterocycles. The van der Waals surface area contributed by atoms with E-state index < -0.39 is 10.0 Å². The summed E-state index contributed by atoms with van der Waals surface area (Å²) in [5.74, 6) is 0.316. The molecule has 1 amide bonds. The molecule has 8 nitrogen and oxygen atoms in total. The Morgan fingerprint density at radius 2 is 1.84 bits per heavy atom. The van der Waals surface area contributed by atoms with Crippen molar-refractivity contribution in [2.75, 3.05) is 13.1 Å². The van der Waals surface area contributed by atoms with Crippen LogP contribution in [0.25, 0.3) is 0 Å². The van der Waals surface area contributed by atoms with E-state index in [9.17, 15) is 13.2 Å². The van der Waals surface area contributed by atoms with Gasteiger partial charge < -0.3 is 0 Å². The van der Waals surface area contributed by atoms with Crippen LogP contribution in [-0.4, -0.2) is 47.2 Å². The first-order chi connectivity index (χ1) is 14.9. The van der Waals surface area contributed by atoms with E-state index in [1.165, 1.54) is 15.4 Å². The third-order valence-electron chi connectivity index (χ3n) is 7.98. The Morgan fingerprint density at radius 3 is 2.34 bits per heavy atom. The fourth-order valence-electron chi connectivity index (χ4n) is 5.59. The summed E-state index contributed by atoms with van der Waals surface area (Å²) >= 11 is 0. The van der Waals surface area contributed by atoms with Crippen molar-refractivity contribution in [1.82, 2.24) is 19.5 Å². The number of carbonyl (C=O) groups excluding carboxylic acids is 1. The maximum Gasteiger partial charge on any atom is 0.261 e. The first-order valence-electron chi connectivity index (χ1n) is 11.8. The van der Waals surface area contributed by atoms with Crippen LogP contribution in [0.3, 0.4) is 0 Å². The first-order valence-corrected chi connectivity index (χ1v) is 13.2. The van der Waals surface area contributed by atoms with Gasteiger partial charge in [0.05, 0.1) is 11.4 Å². The number of aryl methyl sites for hydroxylation is 1. The van der Waals surface area contributed by atoms with E-state index >= 15 is 0 Å². The molecule has 2 aliphatic carbocycles. The number of nitrogens with one attached hydrogen (secondary N) is 1. The number of carbonyl (C=O) groups is 1. The van der Waals surface area contributed by atoms with Gasteiger partial charge in [-0.05, 0) is 57.3 Å². The molecule has 2 unspecified atom stereocenters. The van der Waals surface area contributed by atoms with Crippen molar-refractivity contribution in [3.8, 4) is 0 Å². The number of hydrazone groups is 1. The first kappa shape index (κ1) is 24.9. The van der Waals surface area contributed by atoms with Crippen LogP contribution in [-0.2, 0) is 21.4 Å². The number of rotatable bonds is 9. The molecule has 0 saturated heterocycles. The summed E-state index contributed by atoms with van der Waals surface area (Å²) in [6.07, 6.45) is 4.73. The number of fused-ring (bicyclic) bond motifs is 2. The smallest absolute Gasteiger partial charge is 0.261 e. The molecule has 3 rings (SSSR count). The highest BCUT2D eigenvalue weighted by molar-refractivity contribution is 7.89. The summed E-state index contributed by atoms with van der Waals surface area (Å²) in [7, 11) is -3.66. The van der Waals surface area contributed by atoms with E-state index in [0.29, 0.717) is 30.4 Å². The van der Waals surface area contributed by atoms with Gasteiger partial charge in [0.2, 0.25) is 10.0 Å². The van der Waals surface area contributed by atoms with E-state index in [1.807, 2.05) is 13.8 Å². The molecule has 9 heteroatoms. The predicted molar refractivity (Wildman–Crippen MR) is 126 cm³/mol. The van der Waals surface area contributed by atoms with Crippen LogP contribution in [0.1, 0.15) is 78.1 Å². The van der Waals surface area contributed by atoms with Crippen molar-refractivity contribution in [3.05, 3.63) is 11.4 Å². The Balaban J connectivity index is 1.76. The van der Waals surface area contributed by atoms with E-state index in [-0.39, 0.29) is 28.2 Å². The van der Waals surface area contributed by atoms with Crippen LogP contribution >= 0.6 is 0 Å². The topological polar surface area (TPSA) is 96.7 Å². The summed E-state index contributed by atoms with van der Waals surface area (Å²) in [6, 6.07) is 0. The fraction of sp³-hybridized carbons (Fsp3) is 0.783. The van der Waals surface area contributed by atoms with Gasteiger partial charge in [0.25, 0.3) is 5.91 Å². The van der Waals surface area contributed by atoms with Crippen LogP contribution in [0.4, 0.5) is 0 Å². The molecule has 2 fully saturated rings. The van der Waals surface area contributed by atoms with Crippen LogP contribution in [0, 0.1) is 30.6 Å². The van der Waals surface area contributed by atoms with Crippen LogP contribution in [0.5, 0.6) is 0 Å². The lowest BCUT2D eigenvalue weighted by Gasteiger charge is -2.34. The molecule has 0 radical (unpaired) electrons. The van der Waals surface area contributed by atoms with E-state index in [2.05, 4.69) is 36.4 Å². The van der Waals surface area contributed by atoms with Gasteiger partial charge in [-0.25, -0.2) is 13.8 Å². The Labute approximate surface area is 192 Å². The molecule has 0 spiro atoms. The number of hydrogen-bond donors (Lipinski definition) is 1. The van der Waals surface area contributed by atoms with Crippen molar-refractivity contribution in [3.63, 3.8) is 0 Å². The number of nitrogens with zero attached hydrogens (tertiary/aromatic N) is 4. The number of amides is 1. The predicted octanol–water partition coefficient (Wildman–Crippen LogP) is 3.63. The second kappa shape index (κ2) is 8.89. The monoisotopic (exact) mass is 465 g/mol. The highest BCUT2D eigenvalue weighted by Crippen LogP contribution is 2.63. The Morgan fingerprint density at radius 1 is 1.22 bits per heavy atom. The minimum absolute atomic E-state index is 0.0203. The number of aromatic nitrogens is 2. The Bertz CT molecular complexity index is 1010. The Kier molecular flexibility index (Phi) is 6.92. The van der Waals surface area contributed by atoms with Crippen molar-refractivity contribution < 1.29 is 13.2 Å². The lowest BCUT2D eigenvalue weighted by atomic mass is 9.70. The molecule has 2 saturated carbocycles. The lowest BCUT2D eigenvalue weighted by molar-refractivity contribution is -0.121. The highest BCUT2D eigenvalue weighted by atomic mass is 32.2. The molecule has 1 aromatic heterocycles. The normalized spacial score (nSPS) is 25.8. The van der Waals surface area contributed by atoms with E-state index in [0.717, 1.165) is 31.4 Å². The van der Waals surface area contributed by atoms with Gasteiger partial charge in [-0.2, -0.15) is 14.5 Å². The molecule has 2 bridgehead atoms. The van der Waals surface area contributed by atoms with Crippen molar-refractivity contribution >= 4 is 21.6 Å². The zero-order chi connectivity index (χ0) is 23.9. The van der Waals surface area contributed by atoms with Crippen LogP contribution < -0.4 is 5.43 Å².